The standard InChI is InChI=1S/C20H13F3N4O3/c1-29-15-8-6-14(7-9-15)27-11-10-16(28)17(25-27)19-24-18(26-30-19)12-2-4-13(5-3-12)20(21,22)23/h2-11H,1H3. The smallest absolute Gasteiger partial charge is 0.416 e. The molecule has 2 heterocycles. The lowest BCUT2D eigenvalue weighted by atomic mass is 10.1. The second kappa shape index (κ2) is 7.47. The molecule has 30 heavy (non-hydrogen) atoms. The molecule has 0 spiro atoms. The minimum Gasteiger partial charge on any atom is -0.497 e. The summed E-state index contributed by atoms with van der Waals surface area (Å²) < 4.78 is 49.8. The second-order valence-corrected chi connectivity index (χ2v) is 6.17. The lowest BCUT2D eigenvalue weighted by molar-refractivity contribution is -0.137. The monoisotopic (exact) mass is 414 g/mol. The number of hydrogen-bond acceptors (Lipinski definition) is 6. The zero-order chi connectivity index (χ0) is 21.3. The predicted molar refractivity (Wildman–Crippen MR) is 100 cm³/mol. The largest absolute Gasteiger partial charge is 0.497 e. The first-order valence-corrected chi connectivity index (χ1v) is 8.61. The van der Waals surface area contributed by atoms with Crippen LogP contribution in [0.25, 0.3) is 28.7 Å². The molecule has 0 aliphatic heterocycles. The summed E-state index contributed by atoms with van der Waals surface area (Å²) in [5, 5.41) is 7.99. The summed E-state index contributed by atoms with van der Waals surface area (Å²) in [6.45, 7) is 0. The fourth-order valence-electron chi connectivity index (χ4n) is 2.68. The van der Waals surface area contributed by atoms with Crippen LogP contribution in [-0.2, 0) is 6.18 Å². The zero-order valence-electron chi connectivity index (χ0n) is 15.4. The highest BCUT2D eigenvalue weighted by molar-refractivity contribution is 5.58. The lowest BCUT2D eigenvalue weighted by Crippen LogP contribution is -2.12. The van der Waals surface area contributed by atoms with E-state index in [1.54, 1.807) is 31.4 Å². The van der Waals surface area contributed by atoms with E-state index in [0.717, 1.165) is 12.1 Å². The van der Waals surface area contributed by atoms with Crippen LogP contribution in [0.5, 0.6) is 5.75 Å². The van der Waals surface area contributed by atoms with Crippen molar-refractivity contribution in [2.75, 3.05) is 7.11 Å². The second-order valence-electron chi connectivity index (χ2n) is 6.17. The highest BCUT2D eigenvalue weighted by atomic mass is 19.4. The molecule has 7 nitrogen and oxygen atoms in total. The third-order valence-electron chi connectivity index (χ3n) is 4.24. The molecule has 4 aromatic rings. The number of ether oxygens (including phenoxy) is 1. The van der Waals surface area contributed by atoms with Crippen molar-refractivity contribution >= 4 is 0 Å². The van der Waals surface area contributed by atoms with Crippen molar-refractivity contribution in [3.63, 3.8) is 0 Å². The molecule has 152 valence electrons. The van der Waals surface area contributed by atoms with Crippen LogP contribution in [0.4, 0.5) is 13.2 Å². The average molecular weight is 414 g/mol. The van der Waals surface area contributed by atoms with Gasteiger partial charge in [-0.05, 0) is 36.4 Å². The summed E-state index contributed by atoms with van der Waals surface area (Å²) in [5.41, 5.74) is -0.340. The Bertz CT molecular complexity index is 1230. The quantitative estimate of drug-likeness (QED) is 0.502. The fraction of sp³-hybridized carbons (Fsp3) is 0.100. The topological polar surface area (TPSA) is 83.0 Å². The van der Waals surface area contributed by atoms with Crippen LogP contribution >= 0.6 is 0 Å². The Hall–Kier alpha value is -3.95. The summed E-state index contributed by atoms with van der Waals surface area (Å²) in [4.78, 5) is 16.4. The molecule has 0 saturated heterocycles. The molecule has 10 heteroatoms. The lowest BCUT2D eigenvalue weighted by Gasteiger charge is -2.06. The molecule has 0 bridgehead atoms. The molecule has 0 radical (unpaired) electrons. The van der Waals surface area contributed by atoms with Gasteiger partial charge in [0.15, 0.2) is 5.69 Å². The Kier molecular flexibility index (Phi) is 4.82. The van der Waals surface area contributed by atoms with Gasteiger partial charge in [-0.1, -0.05) is 17.3 Å². The van der Waals surface area contributed by atoms with E-state index in [4.69, 9.17) is 9.26 Å². The molecule has 2 aromatic heterocycles. The van der Waals surface area contributed by atoms with Gasteiger partial charge >= 0.3 is 6.18 Å². The van der Waals surface area contributed by atoms with Crippen LogP contribution in [0.2, 0.25) is 0 Å². The van der Waals surface area contributed by atoms with Crippen molar-refractivity contribution in [1.29, 1.82) is 0 Å². The Labute approximate surface area is 167 Å². The molecule has 0 amide bonds. The van der Waals surface area contributed by atoms with Gasteiger partial charge in [-0.25, -0.2) is 4.68 Å². The summed E-state index contributed by atoms with van der Waals surface area (Å²) in [6, 6.07) is 12.6. The molecule has 0 N–H and O–H groups in total. The fourth-order valence-corrected chi connectivity index (χ4v) is 2.68. The molecule has 0 aliphatic rings. The van der Waals surface area contributed by atoms with Crippen molar-refractivity contribution < 1.29 is 22.4 Å². The van der Waals surface area contributed by atoms with Crippen LogP contribution in [0.1, 0.15) is 5.56 Å². The Balaban J connectivity index is 1.66. The van der Waals surface area contributed by atoms with Gasteiger partial charge in [-0.2, -0.15) is 23.3 Å². The molecule has 2 aromatic carbocycles. The van der Waals surface area contributed by atoms with Gasteiger partial charge in [0.1, 0.15) is 5.75 Å². The Morgan fingerprint density at radius 3 is 2.33 bits per heavy atom. The van der Waals surface area contributed by atoms with E-state index in [-0.39, 0.29) is 17.4 Å². The van der Waals surface area contributed by atoms with E-state index in [1.165, 1.54) is 29.1 Å². The first kappa shape index (κ1) is 19.4. The summed E-state index contributed by atoms with van der Waals surface area (Å²) in [7, 11) is 1.55. The number of alkyl halides is 3. The summed E-state index contributed by atoms with van der Waals surface area (Å²) in [6.07, 6.45) is -2.96. The molecule has 4 rings (SSSR count). The van der Waals surface area contributed by atoms with Crippen LogP contribution in [0, 0.1) is 0 Å². The van der Waals surface area contributed by atoms with Gasteiger partial charge in [0, 0.05) is 17.8 Å². The van der Waals surface area contributed by atoms with E-state index >= 15 is 0 Å². The van der Waals surface area contributed by atoms with Crippen LogP contribution in [-0.4, -0.2) is 27.0 Å². The van der Waals surface area contributed by atoms with Gasteiger partial charge < -0.3 is 9.26 Å². The van der Waals surface area contributed by atoms with Gasteiger partial charge in [0.25, 0.3) is 5.89 Å². The molecule has 0 aliphatic carbocycles. The number of rotatable bonds is 4. The summed E-state index contributed by atoms with van der Waals surface area (Å²) >= 11 is 0. The van der Waals surface area contributed by atoms with Gasteiger partial charge in [0.05, 0.1) is 18.4 Å². The molecule has 0 fully saturated rings. The van der Waals surface area contributed by atoms with Crippen molar-refractivity contribution in [3.05, 3.63) is 76.6 Å². The third-order valence-corrected chi connectivity index (χ3v) is 4.24. The van der Waals surface area contributed by atoms with E-state index in [0.29, 0.717) is 17.0 Å². The van der Waals surface area contributed by atoms with Crippen LogP contribution < -0.4 is 10.2 Å². The number of nitrogens with zero attached hydrogens (tertiary/aromatic N) is 4. The SMILES string of the molecule is COc1ccc(-n2ccc(=O)c(-c3nc(-c4ccc(C(F)(F)F)cc4)no3)n2)cc1. The van der Waals surface area contributed by atoms with Crippen molar-refractivity contribution in [2.45, 2.75) is 6.18 Å². The van der Waals surface area contributed by atoms with E-state index in [1.807, 2.05) is 0 Å². The van der Waals surface area contributed by atoms with Crippen molar-refractivity contribution in [2.24, 2.45) is 0 Å². The molecule has 0 saturated carbocycles. The number of hydrogen-bond donors (Lipinski definition) is 0. The zero-order valence-corrected chi connectivity index (χ0v) is 15.4. The van der Waals surface area contributed by atoms with Gasteiger partial charge in [-0.3, -0.25) is 4.79 Å². The highest BCUT2D eigenvalue weighted by Crippen LogP contribution is 2.30. The number of aromatic nitrogens is 4. The molecular formula is C20H13F3N4O3. The van der Waals surface area contributed by atoms with Crippen molar-refractivity contribution in [3.8, 4) is 34.4 Å². The maximum Gasteiger partial charge on any atom is 0.416 e. The van der Waals surface area contributed by atoms with Gasteiger partial charge in [-0.15, -0.1) is 0 Å². The van der Waals surface area contributed by atoms with E-state index in [9.17, 15) is 18.0 Å². The first-order chi connectivity index (χ1) is 14.3. The first-order valence-electron chi connectivity index (χ1n) is 8.61. The number of methoxy groups -OCH3 is 1. The predicted octanol–water partition coefficient (Wildman–Crippen LogP) is 3.98. The number of halogens is 3. The maximum atomic E-state index is 12.7. The Morgan fingerprint density at radius 2 is 1.70 bits per heavy atom. The third kappa shape index (κ3) is 3.79. The maximum absolute atomic E-state index is 12.7. The van der Waals surface area contributed by atoms with Crippen molar-refractivity contribution in [1.82, 2.24) is 19.9 Å². The minimum absolute atomic E-state index is 0.0415. The summed E-state index contributed by atoms with van der Waals surface area (Å²) in [5.74, 6) is 0.565. The normalized spacial score (nSPS) is 11.5. The number of benzene rings is 2. The highest BCUT2D eigenvalue weighted by Gasteiger charge is 2.30. The van der Waals surface area contributed by atoms with Crippen LogP contribution in [0.15, 0.2) is 70.1 Å². The van der Waals surface area contributed by atoms with E-state index in [2.05, 4.69) is 15.2 Å². The molecule has 0 atom stereocenters. The average Bonchev–Trinajstić information content (AvgIpc) is 3.24. The van der Waals surface area contributed by atoms with Crippen LogP contribution in [0.3, 0.4) is 0 Å². The van der Waals surface area contributed by atoms with E-state index < -0.39 is 17.2 Å². The molecular weight excluding hydrogens is 401 g/mol. The van der Waals surface area contributed by atoms with Gasteiger partial charge in [0.2, 0.25) is 11.3 Å². The molecule has 0 unspecified atom stereocenters. The minimum atomic E-state index is -4.44. The Morgan fingerprint density at radius 1 is 1.00 bits per heavy atom.